The molecule has 1 aromatic heterocycles. The monoisotopic (exact) mass is 439 g/mol. The molecule has 0 radical (unpaired) electrons. The van der Waals surface area contributed by atoms with E-state index in [2.05, 4.69) is 34.0 Å². The molecule has 0 aliphatic heterocycles. The molecule has 0 atom stereocenters. The van der Waals surface area contributed by atoms with Crippen LogP contribution in [-0.4, -0.2) is 11.3 Å². The second-order valence-electron chi connectivity index (χ2n) is 6.18. The zero-order valence-corrected chi connectivity index (χ0v) is 17.4. The first-order chi connectivity index (χ1) is 14.1. The average molecular weight is 440 g/mol. The summed E-state index contributed by atoms with van der Waals surface area (Å²) in [5, 5.41) is 10.6. The number of anilines is 1. The van der Waals surface area contributed by atoms with Crippen LogP contribution in [0.2, 0.25) is 10.0 Å². The number of halogens is 2. The molecular weight excluding hydrogens is 425 g/mol. The van der Waals surface area contributed by atoms with E-state index in [1.807, 2.05) is 36.4 Å². The first-order valence-electron chi connectivity index (χ1n) is 8.73. The summed E-state index contributed by atoms with van der Waals surface area (Å²) in [5.74, 6) is 1.39. The largest absolute Gasteiger partial charge is 0.455 e. The molecule has 0 saturated heterocycles. The Kier molecular flexibility index (Phi) is 5.81. The maximum atomic E-state index is 5.99. The van der Waals surface area contributed by atoms with Crippen molar-refractivity contribution in [3.05, 3.63) is 88.6 Å². The minimum absolute atomic E-state index is 0.320. The number of hydrazone groups is 1. The zero-order chi connectivity index (χ0) is 20.2. The Hall–Kier alpha value is -2.86. The Morgan fingerprint density at radius 2 is 1.76 bits per heavy atom. The number of nitrogens with one attached hydrogen (secondary N) is 2. The van der Waals surface area contributed by atoms with Gasteiger partial charge in [0.25, 0.3) is 0 Å². The Balaban J connectivity index is 1.43. The third kappa shape index (κ3) is 4.59. The van der Waals surface area contributed by atoms with E-state index in [-0.39, 0.29) is 0 Å². The van der Waals surface area contributed by atoms with Crippen LogP contribution in [0.1, 0.15) is 5.76 Å². The number of fused-ring (bicyclic) bond motifs is 1. The van der Waals surface area contributed by atoms with E-state index in [1.54, 1.807) is 24.4 Å². The number of hydrogen-bond acceptors (Lipinski definition) is 3. The van der Waals surface area contributed by atoms with Crippen molar-refractivity contribution in [3.63, 3.8) is 0 Å². The number of hydrogen-bond donors (Lipinski definition) is 2. The van der Waals surface area contributed by atoms with Crippen molar-refractivity contribution in [1.29, 1.82) is 0 Å². The number of furan rings is 1. The van der Waals surface area contributed by atoms with Gasteiger partial charge in [0.15, 0.2) is 5.11 Å². The van der Waals surface area contributed by atoms with Gasteiger partial charge in [0.2, 0.25) is 0 Å². The molecule has 0 unspecified atom stereocenters. The molecule has 144 valence electrons. The molecule has 0 amide bonds. The van der Waals surface area contributed by atoms with E-state index in [0.717, 1.165) is 22.1 Å². The third-order valence-electron chi connectivity index (χ3n) is 4.22. The number of thiocarbonyl (C=S) groups is 1. The SMILES string of the molecule is S=C(N/N=C\c1ccc(-c2cccc3ccccc23)o1)Nc1ccc(Cl)c(Cl)c1. The van der Waals surface area contributed by atoms with E-state index in [4.69, 9.17) is 39.8 Å². The molecule has 4 rings (SSSR count). The number of benzene rings is 3. The second kappa shape index (κ2) is 8.66. The van der Waals surface area contributed by atoms with Crippen molar-refractivity contribution in [1.82, 2.24) is 5.43 Å². The van der Waals surface area contributed by atoms with Crippen molar-refractivity contribution < 1.29 is 4.42 Å². The molecular formula is C22H15Cl2N3OS. The highest BCUT2D eigenvalue weighted by Gasteiger charge is 2.07. The molecule has 0 saturated carbocycles. The van der Waals surface area contributed by atoms with Crippen molar-refractivity contribution in [2.24, 2.45) is 5.10 Å². The summed E-state index contributed by atoms with van der Waals surface area (Å²) < 4.78 is 5.92. The summed E-state index contributed by atoms with van der Waals surface area (Å²) in [6.45, 7) is 0. The Morgan fingerprint density at radius 3 is 2.62 bits per heavy atom. The lowest BCUT2D eigenvalue weighted by molar-refractivity contribution is 0.575. The number of rotatable bonds is 4. The molecule has 4 nitrogen and oxygen atoms in total. The summed E-state index contributed by atoms with van der Waals surface area (Å²) in [7, 11) is 0. The van der Waals surface area contributed by atoms with Gasteiger partial charge >= 0.3 is 0 Å². The summed E-state index contributed by atoms with van der Waals surface area (Å²) in [4.78, 5) is 0. The molecule has 2 N–H and O–H groups in total. The van der Waals surface area contributed by atoms with E-state index in [1.165, 1.54) is 0 Å². The van der Waals surface area contributed by atoms with Crippen LogP contribution in [0.15, 0.2) is 82.3 Å². The summed E-state index contributed by atoms with van der Waals surface area (Å²) in [5.41, 5.74) is 4.49. The van der Waals surface area contributed by atoms with Gasteiger partial charge in [-0.1, -0.05) is 65.7 Å². The van der Waals surface area contributed by atoms with Crippen LogP contribution in [0.25, 0.3) is 22.1 Å². The van der Waals surface area contributed by atoms with Gasteiger partial charge < -0.3 is 9.73 Å². The minimum Gasteiger partial charge on any atom is -0.455 e. The van der Waals surface area contributed by atoms with Gasteiger partial charge in [-0.05, 0) is 53.3 Å². The van der Waals surface area contributed by atoms with E-state index < -0.39 is 0 Å². The lowest BCUT2D eigenvalue weighted by Gasteiger charge is -2.07. The van der Waals surface area contributed by atoms with Crippen LogP contribution in [-0.2, 0) is 0 Å². The summed E-state index contributed by atoms with van der Waals surface area (Å²) in [6.07, 6.45) is 1.57. The fraction of sp³-hybridized carbons (Fsp3) is 0. The molecule has 1 heterocycles. The van der Waals surface area contributed by atoms with Gasteiger partial charge in [0, 0.05) is 11.3 Å². The predicted molar refractivity (Wildman–Crippen MR) is 125 cm³/mol. The van der Waals surface area contributed by atoms with Gasteiger partial charge in [0.1, 0.15) is 11.5 Å². The maximum absolute atomic E-state index is 5.99. The van der Waals surface area contributed by atoms with Crippen molar-refractivity contribution in [2.75, 3.05) is 5.32 Å². The fourth-order valence-electron chi connectivity index (χ4n) is 2.89. The first kappa shape index (κ1) is 19.5. The molecule has 4 aromatic rings. The molecule has 29 heavy (non-hydrogen) atoms. The topological polar surface area (TPSA) is 49.6 Å². The highest BCUT2D eigenvalue weighted by Crippen LogP contribution is 2.29. The Labute approximate surface area is 183 Å². The van der Waals surface area contributed by atoms with E-state index in [0.29, 0.717) is 26.6 Å². The molecule has 0 fully saturated rings. The Morgan fingerprint density at radius 1 is 0.931 bits per heavy atom. The average Bonchev–Trinajstić information content (AvgIpc) is 3.19. The van der Waals surface area contributed by atoms with Gasteiger partial charge in [-0.15, -0.1) is 0 Å². The van der Waals surface area contributed by atoms with Crippen LogP contribution < -0.4 is 10.7 Å². The van der Waals surface area contributed by atoms with Crippen LogP contribution in [0, 0.1) is 0 Å². The van der Waals surface area contributed by atoms with Crippen molar-refractivity contribution in [2.45, 2.75) is 0 Å². The lowest BCUT2D eigenvalue weighted by atomic mass is 10.0. The third-order valence-corrected chi connectivity index (χ3v) is 5.15. The molecule has 3 aromatic carbocycles. The molecule has 0 aliphatic carbocycles. The summed E-state index contributed by atoms with van der Waals surface area (Å²) >= 11 is 17.1. The molecule has 0 bridgehead atoms. The van der Waals surface area contributed by atoms with Crippen LogP contribution >= 0.6 is 35.4 Å². The van der Waals surface area contributed by atoms with Gasteiger partial charge in [-0.2, -0.15) is 5.10 Å². The first-order valence-corrected chi connectivity index (χ1v) is 9.90. The van der Waals surface area contributed by atoms with Crippen LogP contribution in [0.4, 0.5) is 5.69 Å². The van der Waals surface area contributed by atoms with Crippen molar-refractivity contribution in [3.8, 4) is 11.3 Å². The lowest BCUT2D eigenvalue weighted by Crippen LogP contribution is -2.23. The smallest absolute Gasteiger partial charge is 0.191 e. The predicted octanol–water partition coefficient (Wildman–Crippen LogP) is 6.73. The molecule has 0 aliphatic rings. The van der Waals surface area contributed by atoms with Gasteiger partial charge in [0.05, 0.1) is 16.3 Å². The highest BCUT2D eigenvalue weighted by molar-refractivity contribution is 7.80. The van der Waals surface area contributed by atoms with Crippen LogP contribution in [0.3, 0.4) is 0 Å². The molecule has 7 heteroatoms. The van der Waals surface area contributed by atoms with Gasteiger partial charge in [-0.25, -0.2) is 0 Å². The Bertz CT molecular complexity index is 1210. The minimum atomic E-state index is 0.320. The van der Waals surface area contributed by atoms with Gasteiger partial charge in [-0.3, -0.25) is 5.43 Å². The normalized spacial score (nSPS) is 11.1. The zero-order valence-electron chi connectivity index (χ0n) is 15.0. The number of nitrogens with zero attached hydrogens (tertiary/aromatic N) is 1. The second-order valence-corrected chi connectivity index (χ2v) is 7.40. The standard InChI is InChI=1S/C22H15Cl2N3OS/c23-19-10-8-15(12-20(19)24)26-22(29)27-25-13-16-9-11-21(28-16)18-7-3-5-14-4-1-2-6-17(14)18/h1-13H,(H2,26,27,29)/b25-13-. The van der Waals surface area contributed by atoms with Crippen LogP contribution in [0.5, 0.6) is 0 Å². The summed E-state index contributed by atoms with van der Waals surface area (Å²) in [6, 6.07) is 23.3. The van der Waals surface area contributed by atoms with E-state index >= 15 is 0 Å². The quantitative estimate of drug-likeness (QED) is 0.210. The van der Waals surface area contributed by atoms with E-state index in [9.17, 15) is 0 Å². The maximum Gasteiger partial charge on any atom is 0.191 e. The van der Waals surface area contributed by atoms with Crippen molar-refractivity contribution >= 4 is 63.2 Å². The molecule has 0 spiro atoms. The highest BCUT2D eigenvalue weighted by atomic mass is 35.5. The fourth-order valence-corrected chi connectivity index (χ4v) is 3.36.